The van der Waals surface area contributed by atoms with Crippen molar-refractivity contribution in [1.29, 1.82) is 0 Å². The van der Waals surface area contributed by atoms with Crippen LogP contribution in [-0.2, 0) is 6.54 Å². The third-order valence-corrected chi connectivity index (χ3v) is 4.37. The number of carbonyl (C=O) groups excluding carboxylic acids is 1. The Balaban J connectivity index is 1.70. The van der Waals surface area contributed by atoms with Crippen molar-refractivity contribution in [2.75, 3.05) is 0 Å². The highest BCUT2D eigenvalue weighted by molar-refractivity contribution is 6.07. The van der Waals surface area contributed by atoms with Gasteiger partial charge in [0, 0.05) is 35.5 Å². The van der Waals surface area contributed by atoms with Crippen LogP contribution < -0.4 is 5.32 Å². The van der Waals surface area contributed by atoms with Crippen LogP contribution in [0, 0.1) is 11.6 Å². The van der Waals surface area contributed by atoms with E-state index in [0.717, 1.165) is 23.8 Å². The van der Waals surface area contributed by atoms with Crippen molar-refractivity contribution in [3.8, 4) is 11.3 Å². The molecule has 2 aromatic heterocycles. The molecule has 0 bridgehead atoms. The van der Waals surface area contributed by atoms with Gasteiger partial charge in [-0.05, 0) is 42.5 Å². The number of para-hydroxylation sites is 1. The van der Waals surface area contributed by atoms with Gasteiger partial charge in [-0.3, -0.25) is 9.78 Å². The third-order valence-electron chi connectivity index (χ3n) is 4.37. The number of amides is 1. The Labute approximate surface area is 159 Å². The summed E-state index contributed by atoms with van der Waals surface area (Å²) < 4.78 is 27.2. The monoisotopic (exact) mass is 375 g/mol. The molecule has 0 spiro atoms. The standard InChI is InChI=1S/C22H15F2N3O/c23-16-7-8-19(24)15(10-16)13-26-22(28)18-11-21(14-4-3-9-25-12-14)27-20-6-2-1-5-17(18)20/h1-12H,13H2,(H,26,28). The first kappa shape index (κ1) is 17.7. The Morgan fingerprint density at radius 3 is 2.68 bits per heavy atom. The molecule has 0 fully saturated rings. The molecule has 4 nitrogen and oxygen atoms in total. The summed E-state index contributed by atoms with van der Waals surface area (Å²) >= 11 is 0. The van der Waals surface area contributed by atoms with Gasteiger partial charge in [0.25, 0.3) is 5.91 Å². The van der Waals surface area contributed by atoms with E-state index in [4.69, 9.17) is 0 Å². The molecule has 0 unspecified atom stereocenters. The van der Waals surface area contributed by atoms with Crippen LogP contribution in [0.15, 0.2) is 73.1 Å². The molecule has 0 saturated heterocycles. The molecule has 4 rings (SSSR count). The fourth-order valence-corrected chi connectivity index (χ4v) is 2.97. The van der Waals surface area contributed by atoms with Crippen LogP contribution in [0.3, 0.4) is 0 Å². The quantitative estimate of drug-likeness (QED) is 0.571. The molecule has 0 aliphatic rings. The number of benzene rings is 2. The summed E-state index contributed by atoms with van der Waals surface area (Å²) in [5.41, 5.74) is 2.53. The minimum Gasteiger partial charge on any atom is -0.348 e. The van der Waals surface area contributed by atoms with Gasteiger partial charge >= 0.3 is 0 Å². The zero-order chi connectivity index (χ0) is 19.5. The fourth-order valence-electron chi connectivity index (χ4n) is 2.97. The first-order valence-corrected chi connectivity index (χ1v) is 8.64. The lowest BCUT2D eigenvalue weighted by atomic mass is 10.0. The van der Waals surface area contributed by atoms with Crippen molar-refractivity contribution < 1.29 is 13.6 Å². The Morgan fingerprint density at radius 2 is 1.86 bits per heavy atom. The van der Waals surface area contributed by atoms with Crippen LogP contribution >= 0.6 is 0 Å². The predicted molar refractivity (Wildman–Crippen MR) is 103 cm³/mol. The number of nitrogens with one attached hydrogen (secondary N) is 1. The maximum atomic E-state index is 13.8. The van der Waals surface area contributed by atoms with Crippen molar-refractivity contribution in [2.45, 2.75) is 6.54 Å². The van der Waals surface area contributed by atoms with E-state index in [9.17, 15) is 13.6 Å². The Morgan fingerprint density at radius 1 is 1.00 bits per heavy atom. The molecule has 0 saturated carbocycles. The molecule has 4 aromatic rings. The van der Waals surface area contributed by atoms with E-state index in [0.29, 0.717) is 22.2 Å². The number of rotatable bonds is 4. The highest BCUT2D eigenvalue weighted by Gasteiger charge is 2.15. The van der Waals surface area contributed by atoms with Crippen LogP contribution in [0.2, 0.25) is 0 Å². The molecular weight excluding hydrogens is 360 g/mol. The Hall–Kier alpha value is -3.67. The number of hydrogen-bond acceptors (Lipinski definition) is 3. The molecule has 6 heteroatoms. The van der Waals surface area contributed by atoms with E-state index in [1.54, 1.807) is 30.6 Å². The maximum Gasteiger partial charge on any atom is 0.252 e. The maximum absolute atomic E-state index is 13.8. The minimum atomic E-state index is -0.572. The highest BCUT2D eigenvalue weighted by Crippen LogP contribution is 2.24. The molecule has 1 N–H and O–H groups in total. The van der Waals surface area contributed by atoms with Crippen molar-refractivity contribution in [3.05, 3.63) is 95.8 Å². The number of nitrogens with zero attached hydrogens (tertiary/aromatic N) is 2. The number of hydrogen-bond donors (Lipinski definition) is 1. The van der Waals surface area contributed by atoms with Gasteiger partial charge in [0.15, 0.2) is 0 Å². The first-order valence-electron chi connectivity index (χ1n) is 8.64. The molecule has 0 radical (unpaired) electrons. The van der Waals surface area contributed by atoms with Gasteiger partial charge in [-0.15, -0.1) is 0 Å². The summed E-state index contributed by atoms with van der Waals surface area (Å²) in [6, 6.07) is 15.7. The van der Waals surface area contributed by atoms with E-state index in [2.05, 4.69) is 15.3 Å². The van der Waals surface area contributed by atoms with E-state index >= 15 is 0 Å². The second-order valence-electron chi connectivity index (χ2n) is 6.23. The van der Waals surface area contributed by atoms with Crippen molar-refractivity contribution >= 4 is 16.8 Å². The fraction of sp³-hybridized carbons (Fsp3) is 0.0455. The third kappa shape index (κ3) is 3.57. The molecule has 1 amide bonds. The molecule has 0 aliphatic heterocycles. The first-order chi connectivity index (χ1) is 13.6. The summed E-state index contributed by atoms with van der Waals surface area (Å²) in [6.45, 7) is -0.124. The largest absolute Gasteiger partial charge is 0.348 e. The molecule has 28 heavy (non-hydrogen) atoms. The molecule has 2 aromatic carbocycles. The summed E-state index contributed by atoms with van der Waals surface area (Å²) in [7, 11) is 0. The normalized spacial score (nSPS) is 10.8. The molecule has 0 atom stereocenters. The van der Waals surface area contributed by atoms with E-state index in [-0.39, 0.29) is 12.1 Å². The number of carbonyl (C=O) groups is 1. The van der Waals surface area contributed by atoms with Gasteiger partial charge in [0.05, 0.1) is 16.8 Å². The van der Waals surface area contributed by atoms with Crippen LogP contribution in [0.1, 0.15) is 15.9 Å². The molecule has 2 heterocycles. The lowest BCUT2D eigenvalue weighted by molar-refractivity contribution is 0.0952. The summed E-state index contributed by atoms with van der Waals surface area (Å²) in [5, 5.41) is 3.34. The zero-order valence-corrected chi connectivity index (χ0v) is 14.7. The lowest BCUT2D eigenvalue weighted by Gasteiger charge is -2.11. The minimum absolute atomic E-state index is 0.0826. The Bertz CT molecular complexity index is 1160. The summed E-state index contributed by atoms with van der Waals surface area (Å²) in [4.78, 5) is 21.5. The summed E-state index contributed by atoms with van der Waals surface area (Å²) in [6.07, 6.45) is 3.33. The van der Waals surface area contributed by atoms with Gasteiger partial charge in [-0.2, -0.15) is 0 Å². The SMILES string of the molecule is O=C(NCc1cc(F)ccc1F)c1cc(-c2cccnc2)nc2ccccc12. The van der Waals surface area contributed by atoms with Crippen molar-refractivity contribution in [2.24, 2.45) is 0 Å². The average molecular weight is 375 g/mol. The molecule has 138 valence electrons. The molecular formula is C22H15F2N3O. The van der Waals surface area contributed by atoms with Crippen LogP contribution in [0.25, 0.3) is 22.2 Å². The van der Waals surface area contributed by atoms with Crippen LogP contribution in [0.4, 0.5) is 8.78 Å². The second kappa shape index (κ2) is 7.52. The van der Waals surface area contributed by atoms with Crippen molar-refractivity contribution in [1.82, 2.24) is 15.3 Å². The van der Waals surface area contributed by atoms with Gasteiger partial charge in [-0.25, -0.2) is 13.8 Å². The van der Waals surface area contributed by atoms with Gasteiger partial charge in [-0.1, -0.05) is 18.2 Å². The average Bonchev–Trinajstić information content (AvgIpc) is 2.74. The number of fused-ring (bicyclic) bond motifs is 1. The lowest BCUT2D eigenvalue weighted by Crippen LogP contribution is -2.24. The van der Waals surface area contributed by atoms with E-state index in [1.807, 2.05) is 24.3 Å². The summed E-state index contributed by atoms with van der Waals surface area (Å²) in [5.74, 6) is -1.52. The van der Waals surface area contributed by atoms with Crippen LogP contribution in [0.5, 0.6) is 0 Å². The number of halogens is 2. The topological polar surface area (TPSA) is 54.9 Å². The number of aromatic nitrogens is 2. The van der Waals surface area contributed by atoms with E-state index in [1.165, 1.54) is 0 Å². The van der Waals surface area contributed by atoms with Gasteiger partial charge in [0.1, 0.15) is 11.6 Å². The second-order valence-corrected chi connectivity index (χ2v) is 6.23. The smallest absolute Gasteiger partial charge is 0.252 e. The molecule has 0 aliphatic carbocycles. The highest BCUT2D eigenvalue weighted by atomic mass is 19.1. The van der Waals surface area contributed by atoms with Gasteiger partial charge < -0.3 is 5.32 Å². The van der Waals surface area contributed by atoms with Crippen LogP contribution in [-0.4, -0.2) is 15.9 Å². The number of pyridine rings is 2. The van der Waals surface area contributed by atoms with E-state index < -0.39 is 17.5 Å². The van der Waals surface area contributed by atoms with Crippen molar-refractivity contribution in [3.63, 3.8) is 0 Å². The Kier molecular flexibility index (Phi) is 4.76. The van der Waals surface area contributed by atoms with Gasteiger partial charge in [0.2, 0.25) is 0 Å². The predicted octanol–water partition coefficient (Wildman–Crippen LogP) is 4.51. The zero-order valence-electron chi connectivity index (χ0n) is 14.7.